The first-order chi connectivity index (χ1) is 10.6. The lowest BCUT2D eigenvalue weighted by Gasteiger charge is -2.30. The molecule has 1 aliphatic heterocycles. The van der Waals surface area contributed by atoms with Crippen molar-refractivity contribution in [3.63, 3.8) is 0 Å². The van der Waals surface area contributed by atoms with Crippen LogP contribution in [0.5, 0.6) is 0 Å². The number of esters is 1. The second-order valence-electron chi connectivity index (χ2n) is 6.26. The van der Waals surface area contributed by atoms with Gasteiger partial charge in [0.15, 0.2) is 4.77 Å². The number of hydrogen-bond donors (Lipinski definition) is 0. The van der Waals surface area contributed by atoms with Gasteiger partial charge in [-0.1, -0.05) is 0 Å². The molecule has 7 heteroatoms. The van der Waals surface area contributed by atoms with Crippen molar-refractivity contribution in [3.8, 4) is 0 Å². The number of hydrogen-bond acceptors (Lipinski definition) is 5. The van der Waals surface area contributed by atoms with Crippen LogP contribution in [0.4, 0.5) is 0 Å². The predicted molar refractivity (Wildman–Crippen MR) is 84.9 cm³/mol. The van der Waals surface area contributed by atoms with E-state index < -0.39 is 0 Å². The van der Waals surface area contributed by atoms with E-state index in [4.69, 9.17) is 22.1 Å². The monoisotopic (exact) mass is 324 g/mol. The predicted octanol–water partition coefficient (Wildman–Crippen LogP) is 2.06. The Hall–Kier alpha value is -1.21. The van der Waals surface area contributed by atoms with Crippen LogP contribution in [0.15, 0.2) is 0 Å². The van der Waals surface area contributed by atoms with Gasteiger partial charge in [0.1, 0.15) is 5.82 Å². The molecule has 0 spiro atoms. The van der Waals surface area contributed by atoms with Crippen molar-refractivity contribution in [1.29, 1.82) is 0 Å². The molecule has 0 amide bonds. The van der Waals surface area contributed by atoms with E-state index in [9.17, 15) is 4.79 Å². The van der Waals surface area contributed by atoms with Crippen molar-refractivity contribution >= 4 is 18.2 Å². The Balaban J connectivity index is 1.58. The maximum absolute atomic E-state index is 11.8. The lowest BCUT2D eigenvalue weighted by Crippen LogP contribution is -2.38. The van der Waals surface area contributed by atoms with Crippen LogP contribution in [0.3, 0.4) is 0 Å². The molecule has 0 N–H and O–H groups in total. The van der Waals surface area contributed by atoms with Gasteiger partial charge >= 0.3 is 5.97 Å². The molecule has 1 aliphatic carbocycles. The fourth-order valence-corrected chi connectivity index (χ4v) is 3.25. The zero-order valence-electron chi connectivity index (χ0n) is 13.3. The normalized spacial score (nSPS) is 20.3. The Labute approximate surface area is 136 Å². The van der Waals surface area contributed by atoms with E-state index in [0.717, 1.165) is 43.2 Å². The summed E-state index contributed by atoms with van der Waals surface area (Å²) in [4.78, 5) is 14.1. The SMILES string of the molecule is CCOC(=O)C1CCN(Cn2nc(C3CC3)n(C)c2=S)CC1. The number of piperidine rings is 1. The lowest BCUT2D eigenvalue weighted by atomic mass is 9.97. The molecule has 6 nitrogen and oxygen atoms in total. The Kier molecular flexibility index (Phi) is 4.63. The molecule has 2 fully saturated rings. The van der Waals surface area contributed by atoms with E-state index in [1.807, 2.05) is 23.2 Å². The molecule has 122 valence electrons. The van der Waals surface area contributed by atoms with Crippen LogP contribution >= 0.6 is 12.2 Å². The molecule has 0 radical (unpaired) electrons. The molecule has 1 saturated heterocycles. The van der Waals surface area contributed by atoms with Crippen LogP contribution in [-0.4, -0.2) is 44.9 Å². The third kappa shape index (κ3) is 3.25. The Bertz CT molecular complexity index is 597. The van der Waals surface area contributed by atoms with Crippen LogP contribution in [-0.2, 0) is 23.2 Å². The van der Waals surface area contributed by atoms with Gasteiger partial charge < -0.3 is 9.30 Å². The molecule has 3 rings (SSSR count). The summed E-state index contributed by atoms with van der Waals surface area (Å²) < 4.78 is 9.86. The first-order valence-corrected chi connectivity index (χ1v) is 8.53. The van der Waals surface area contributed by atoms with Crippen molar-refractivity contribution in [1.82, 2.24) is 19.2 Å². The number of rotatable bonds is 5. The molecule has 2 heterocycles. The number of ether oxygens (including phenoxy) is 1. The summed E-state index contributed by atoms with van der Waals surface area (Å²) in [5.74, 6) is 1.72. The first kappa shape index (κ1) is 15.7. The second-order valence-corrected chi connectivity index (χ2v) is 6.62. The quantitative estimate of drug-likeness (QED) is 0.613. The molecule has 1 aromatic rings. The first-order valence-electron chi connectivity index (χ1n) is 8.13. The fourth-order valence-electron chi connectivity index (χ4n) is 3.05. The topological polar surface area (TPSA) is 52.3 Å². The molecular weight excluding hydrogens is 300 g/mol. The molecule has 0 aromatic carbocycles. The molecular formula is C15H24N4O2S. The maximum atomic E-state index is 11.8. The van der Waals surface area contributed by atoms with Gasteiger partial charge in [-0.3, -0.25) is 9.69 Å². The summed E-state index contributed by atoms with van der Waals surface area (Å²) in [5, 5.41) is 4.69. The highest BCUT2D eigenvalue weighted by atomic mass is 32.1. The number of likely N-dealkylation sites (tertiary alicyclic amines) is 1. The van der Waals surface area contributed by atoms with Crippen molar-refractivity contribution < 1.29 is 9.53 Å². The minimum absolute atomic E-state index is 0.0485. The number of carbonyl (C=O) groups excluding carboxylic acids is 1. The molecule has 0 unspecified atom stereocenters. The third-order valence-corrected chi connectivity index (χ3v) is 5.04. The Morgan fingerprint density at radius 3 is 2.59 bits per heavy atom. The smallest absolute Gasteiger partial charge is 0.309 e. The third-order valence-electron chi connectivity index (χ3n) is 4.56. The van der Waals surface area contributed by atoms with Crippen LogP contribution < -0.4 is 0 Å². The van der Waals surface area contributed by atoms with Gasteiger partial charge in [-0.05, 0) is 44.8 Å². The molecule has 22 heavy (non-hydrogen) atoms. The van der Waals surface area contributed by atoms with Gasteiger partial charge in [0, 0.05) is 26.1 Å². The molecule has 0 bridgehead atoms. The summed E-state index contributed by atoms with van der Waals surface area (Å²) >= 11 is 5.49. The van der Waals surface area contributed by atoms with Crippen molar-refractivity contribution in [3.05, 3.63) is 10.6 Å². The Morgan fingerprint density at radius 1 is 1.32 bits per heavy atom. The minimum Gasteiger partial charge on any atom is -0.466 e. The van der Waals surface area contributed by atoms with E-state index in [-0.39, 0.29) is 11.9 Å². The Morgan fingerprint density at radius 2 is 2.00 bits per heavy atom. The van der Waals surface area contributed by atoms with Crippen LogP contribution in [0.1, 0.15) is 44.3 Å². The standard InChI is InChI=1S/C15H24N4O2S/c1-3-21-14(20)12-6-8-18(9-7-12)10-19-15(22)17(2)13(16-19)11-4-5-11/h11-12H,3-10H2,1-2H3. The van der Waals surface area contributed by atoms with E-state index in [2.05, 4.69) is 4.90 Å². The molecule has 1 aromatic heterocycles. The van der Waals surface area contributed by atoms with Gasteiger partial charge in [-0.25, -0.2) is 4.68 Å². The molecule has 1 saturated carbocycles. The summed E-state index contributed by atoms with van der Waals surface area (Å²) in [5.41, 5.74) is 0. The second kappa shape index (κ2) is 6.50. The van der Waals surface area contributed by atoms with Crippen molar-refractivity contribution in [2.45, 2.75) is 45.2 Å². The number of aromatic nitrogens is 3. The van der Waals surface area contributed by atoms with Gasteiger partial charge in [0.05, 0.1) is 19.2 Å². The van der Waals surface area contributed by atoms with Crippen LogP contribution in [0.2, 0.25) is 0 Å². The van der Waals surface area contributed by atoms with E-state index >= 15 is 0 Å². The average Bonchev–Trinajstić information content (AvgIpc) is 3.31. The van der Waals surface area contributed by atoms with Crippen molar-refractivity contribution in [2.75, 3.05) is 19.7 Å². The molecule has 2 aliphatic rings. The molecule has 0 atom stereocenters. The van der Waals surface area contributed by atoms with Gasteiger partial charge in [-0.15, -0.1) is 0 Å². The summed E-state index contributed by atoms with van der Waals surface area (Å²) in [6, 6.07) is 0. The summed E-state index contributed by atoms with van der Waals surface area (Å²) in [6.07, 6.45) is 4.16. The summed E-state index contributed by atoms with van der Waals surface area (Å²) in [7, 11) is 2.01. The van der Waals surface area contributed by atoms with Crippen LogP contribution in [0.25, 0.3) is 0 Å². The zero-order chi connectivity index (χ0) is 15.7. The maximum Gasteiger partial charge on any atom is 0.309 e. The van der Waals surface area contributed by atoms with E-state index in [1.54, 1.807) is 0 Å². The van der Waals surface area contributed by atoms with Crippen molar-refractivity contribution in [2.24, 2.45) is 13.0 Å². The van der Waals surface area contributed by atoms with Gasteiger partial charge in [-0.2, -0.15) is 5.10 Å². The van der Waals surface area contributed by atoms with E-state index in [1.165, 1.54) is 12.8 Å². The highest BCUT2D eigenvalue weighted by molar-refractivity contribution is 7.71. The minimum atomic E-state index is -0.0485. The highest BCUT2D eigenvalue weighted by Crippen LogP contribution is 2.38. The van der Waals surface area contributed by atoms with Crippen LogP contribution in [0, 0.1) is 10.7 Å². The largest absolute Gasteiger partial charge is 0.466 e. The zero-order valence-corrected chi connectivity index (χ0v) is 14.1. The summed E-state index contributed by atoms with van der Waals surface area (Å²) in [6.45, 7) is 4.81. The lowest BCUT2D eigenvalue weighted by molar-refractivity contribution is -0.149. The number of nitrogens with zero attached hydrogens (tertiary/aromatic N) is 4. The highest BCUT2D eigenvalue weighted by Gasteiger charge is 2.30. The fraction of sp³-hybridized carbons (Fsp3) is 0.800. The van der Waals surface area contributed by atoms with Gasteiger partial charge in [0.2, 0.25) is 0 Å². The van der Waals surface area contributed by atoms with E-state index in [0.29, 0.717) is 12.5 Å². The average molecular weight is 324 g/mol. The number of carbonyl (C=O) groups is 1. The van der Waals surface area contributed by atoms with Gasteiger partial charge in [0.25, 0.3) is 0 Å².